The molecule has 3 nitrogen and oxygen atoms in total. The summed E-state index contributed by atoms with van der Waals surface area (Å²) in [6.07, 6.45) is -4.39. The van der Waals surface area contributed by atoms with E-state index in [-0.39, 0.29) is 17.4 Å². The van der Waals surface area contributed by atoms with Gasteiger partial charge in [0.15, 0.2) is 0 Å². The molecular formula is C13H13F3N2OS. The molecule has 20 heavy (non-hydrogen) atoms. The Morgan fingerprint density at radius 2 is 1.95 bits per heavy atom. The zero-order valence-corrected chi connectivity index (χ0v) is 11.6. The number of halogens is 3. The predicted octanol–water partition coefficient (Wildman–Crippen LogP) is 3.32. The zero-order chi connectivity index (χ0) is 15.2. The van der Waals surface area contributed by atoms with Crippen molar-refractivity contribution < 1.29 is 18.0 Å². The monoisotopic (exact) mass is 302 g/mol. The Balaban J connectivity index is 2.80. The van der Waals surface area contributed by atoms with Crippen LogP contribution in [0.15, 0.2) is 24.3 Å². The number of hydrogen-bond acceptors (Lipinski definition) is 3. The summed E-state index contributed by atoms with van der Waals surface area (Å²) < 4.78 is 37.4. The van der Waals surface area contributed by atoms with Gasteiger partial charge in [-0.1, -0.05) is 0 Å². The molecule has 0 aliphatic carbocycles. The number of hydrogen-bond donors (Lipinski definition) is 0. The molecule has 0 bridgehead atoms. The highest BCUT2D eigenvalue weighted by Crippen LogP contribution is 2.30. The standard InChI is InChI=1S/C13H13F3N2OS/c1-2-18(12(19)9-20-8-7-17)11-5-3-10(4-6-11)13(14,15)16/h3-6H,2,8-9H2,1H3. The Morgan fingerprint density at radius 3 is 2.40 bits per heavy atom. The molecule has 0 fully saturated rings. The van der Waals surface area contributed by atoms with E-state index >= 15 is 0 Å². The number of carbonyl (C=O) groups excluding carboxylic acids is 1. The zero-order valence-electron chi connectivity index (χ0n) is 10.8. The molecule has 1 aromatic carbocycles. The van der Waals surface area contributed by atoms with Crippen LogP contribution in [0.4, 0.5) is 18.9 Å². The molecule has 0 unspecified atom stereocenters. The fraction of sp³-hybridized carbons (Fsp3) is 0.385. The van der Waals surface area contributed by atoms with Crippen LogP contribution in [0.25, 0.3) is 0 Å². The topological polar surface area (TPSA) is 44.1 Å². The lowest BCUT2D eigenvalue weighted by molar-refractivity contribution is -0.137. The Hall–Kier alpha value is -1.68. The Bertz CT molecular complexity index is 494. The summed E-state index contributed by atoms with van der Waals surface area (Å²) in [5.74, 6) is 0.103. The largest absolute Gasteiger partial charge is 0.416 e. The molecule has 0 heterocycles. The van der Waals surface area contributed by atoms with E-state index in [1.165, 1.54) is 28.8 Å². The molecule has 0 aliphatic heterocycles. The van der Waals surface area contributed by atoms with Gasteiger partial charge >= 0.3 is 6.18 Å². The number of benzene rings is 1. The molecule has 7 heteroatoms. The second kappa shape index (κ2) is 7.20. The van der Waals surface area contributed by atoms with Crippen molar-refractivity contribution in [3.05, 3.63) is 29.8 Å². The third kappa shape index (κ3) is 4.46. The van der Waals surface area contributed by atoms with Crippen molar-refractivity contribution in [2.45, 2.75) is 13.1 Å². The highest BCUT2D eigenvalue weighted by atomic mass is 32.2. The molecular weight excluding hydrogens is 289 g/mol. The molecule has 0 N–H and O–H groups in total. The van der Waals surface area contributed by atoms with Crippen LogP contribution in [0.2, 0.25) is 0 Å². The lowest BCUT2D eigenvalue weighted by Gasteiger charge is -2.21. The van der Waals surface area contributed by atoms with E-state index < -0.39 is 11.7 Å². The SMILES string of the molecule is CCN(C(=O)CSCC#N)c1ccc(C(F)(F)F)cc1. The average molecular weight is 302 g/mol. The van der Waals surface area contributed by atoms with Crippen LogP contribution in [-0.4, -0.2) is 24.0 Å². The van der Waals surface area contributed by atoms with Gasteiger partial charge in [-0.25, -0.2) is 0 Å². The number of anilines is 1. The number of nitriles is 1. The van der Waals surface area contributed by atoms with Crippen molar-refractivity contribution in [2.75, 3.05) is 23.0 Å². The summed E-state index contributed by atoms with van der Waals surface area (Å²) in [6, 6.07) is 6.37. The van der Waals surface area contributed by atoms with Crippen LogP contribution in [0, 0.1) is 11.3 Å². The highest BCUT2D eigenvalue weighted by molar-refractivity contribution is 8.00. The van der Waals surface area contributed by atoms with E-state index in [1.54, 1.807) is 6.92 Å². The molecule has 0 aromatic heterocycles. The minimum atomic E-state index is -4.39. The molecule has 0 aliphatic rings. The highest BCUT2D eigenvalue weighted by Gasteiger charge is 2.30. The van der Waals surface area contributed by atoms with E-state index in [2.05, 4.69) is 0 Å². The summed E-state index contributed by atoms with van der Waals surface area (Å²) in [5, 5.41) is 8.40. The van der Waals surface area contributed by atoms with Crippen molar-refractivity contribution in [1.82, 2.24) is 0 Å². The Labute approximate surface area is 119 Å². The number of nitrogens with zero attached hydrogens (tertiary/aromatic N) is 2. The van der Waals surface area contributed by atoms with Crippen LogP contribution in [0.5, 0.6) is 0 Å². The summed E-state index contributed by atoms with van der Waals surface area (Å²) >= 11 is 1.17. The fourth-order valence-corrected chi connectivity index (χ4v) is 2.12. The van der Waals surface area contributed by atoms with Crippen LogP contribution < -0.4 is 4.90 Å². The van der Waals surface area contributed by atoms with Crippen LogP contribution in [-0.2, 0) is 11.0 Å². The predicted molar refractivity (Wildman–Crippen MR) is 72.4 cm³/mol. The third-order valence-corrected chi connectivity index (χ3v) is 3.30. The van der Waals surface area contributed by atoms with E-state index in [4.69, 9.17) is 5.26 Å². The minimum Gasteiger partial charge on any atom is -0.312 e. The van der Waals surface area contributed by atoms with Crippen LogP contribution >= 0.6 is 11.8 Å². The van der Waals surface area contributed by atoms with Crippen LogP contribution in [0.1, 0.15) is 12.5 Å². The normalized spacial score (nSPS) is 10.9. The molecule has 0 atom stereocenters. The molecule has 0 saturated carbocycles. The van der Waals surface area contributed by atoms with Gasteiger partial charge in [0.05, 0.1) is 23.1 Å². The molecule has 1 rings (SSSR count). The first-order valence-corrected chi connectivity index (χ1v) is 6.98. The smallest absolute Gasteiger partial charge is 0.312 e. The molecule has 1 amide bonds. The number of rotatable bonds is 5. The van der Waals surface area contributed by atoms with Crippen molar-refractivity contribution in [2.24, 2.45) is 0 Å². The molecule has 108 valence electrons. The van der Waals surface area contributed by atoms with E-state index in [0.717, 1.165) is 12.1 Å². The molecule has 0 saturated heterocycles. The number of amides is 1. The van der Waals surface area contributed by atoms with Gasteiger partial charge in [0, 0.05) is 12.2 Å². The van der Waals surface area contributed by atoms with Gasteiger partial charge in [0.1, 0.15) is 0 Å². The lowest BCUT2D eigenvalue weighted by atomic mass is 10.2. The summed E-state index contributed by atoms with van der Waals surface area (Å²) in [5.41, 5.74) is -0.327. The quantitative estimate of drug-likeness (QED) is 0.784. The summed E-state index contributed by atoms with van der Waals surface area (Å²) in [6.45, 7) is 2.10. The van der Waals surface area contributed by atoms with Crippen molar-refractivity contribution in [3.8, 4) is 6.07 Å². The van der Waals surface area contributed by atoms with Crippen molar-refractivity contribution >= 4 is 23.4 Å². The third-order valence-electron chi connectivity index (χ3n) is 2.52. The first-order chi connectivity index (χ1) is 9.40. The molecule has 0 radical (unpaired) electrons. The lowest BCUT2D eigenvalue weighted by Crippen LogP contribution is -2.32. The van der Waals surface area contributed by atoms with E-state index in [0.29, 0.717) is 12.2 Å². The maximum absolute atomic E-state index is 12.5. The fourth-order valence-electron chi connectivity index (χ4n) is 1.60. The first-order valence-electron chi connectivity index (χ1n) is 5.82. The van der Waals surface area contributed by atoms with Crippen molar-refractivity contribution in [1.29, 1.82) is 5.26 Å². The number of alkyl halides is 3. The van der Waals surface area contributed by atoms with Gasteiger partial charge in [0.25, 0.3) is 0 Å². The second-order valence-corrected chi connectivity index (χ2v) is 4.82. The van der Waals surface area contributed by atoms with E-state index in [9.17, 15) is 18.0 Å². The van der Waals surface area contributed by atoms with Gasteiger partial charge in [-0.05, 0) is 31.2 Å². The second-order valence-electron chi connectivity index (χ2n) is 3.83. The van der Waals surface area contributed by atoms with Crippen LogP contribution in [0.3, 0.4) is 0 Å². The molecule has 0 spiro atoms. The van der Waals surface area contributed by atoms with Gasteiger partial charge in [0.2, 0.25) is 5.91 Å². The van der Waals surface area contributed by atoms with Crippen molar-refractivity contribution in [3.63, 3.8) is 0 Å². The number of thioether (sulfide) groups is 1. The first kappa shape index (κ1) is 16.4. The average Bonchev–Trinajstić information content (AvgIpc) is 2.39. The van der Waals surface area contributed by atoms with Gasteiger partial charge in [-0.15, -0.1) is 11.8 Å². The van der Waals surface area contributed by atoms with Gasteiger partial charge < -0.3 is 4.90 Å². The van der Waals surface area contributed by atoms with E-state index in [1.807, 2.05) is 6.07 Å². The van der Waals surface area contributed by atoms with Gasteiger partial charge in [-0.2, -0.15) is 18.4 Å². The maximum atomic E-state index is 12.5. The maximum Gasteiger partial charge on any atom is 0.416 e. The summed E-state index contributed by atoms with van der Waals surface area (Å²) in [7, 11) is 0. The molecule has 1 aromatic rings. The Morgan fingerprint density at radius 1 is 1.35 bits per heavy atom. The minimum absolute atomic E-state index is 0.127. The summed E-state index contributed by atoms with van der Waals surface area (Å²) in [4.78, 5) is 13.3. The Kier molecular flexibility index (Phi) is 5.89. The van der Waals surface area contributed by atoms with Gasteiger partial charge in [-0.3, -0.25) is 4.79 Å². The number of carbonyl (C=O) groups is 1.